The van der Waals surface area contributed by atoms with Crippen LogP contribution in [0.1, 0.15) is 21.5 Å². The first-order valence-corrected chi connectivity index (χ1v) is 5.94. The molecule has 0 aliphatic carbocycles. The van der Waals surface area contributed by atoms with Gasteiger partial charge in [-0.1, -0.05) is 6.07 Å². The van der Waals surface area contributed by atoms with E-state index in [1.165, 1.54) is 12.1 Å². The molecule has 4 heteroatoms. The SMILES string of the molecule is Cc1cc(N)c(NC(=O)c2cccc(O)c2)cc1C. The van der Waals surface area contributed by atoms with Crippen LogP contribution in [0.4, 0.5) is 11.4 Å². The number of aromatic hydroxyl groups is 1. The van der Waals surface area contributed by atoms with Gasteiger partial charge in [0, 0.05) is 5.56 Å². The molecular weight excluding hydrogens is 240 g/mol. The first-order valence-electron chi connectivity index (χ1n) is 5.94. The van der Waals surface area contributed by atoms with Gasteiger partial charge in [-0.25, -0.2) is 0 Å². The van der Waals surface area contributed by atoms with E-state index in [-0.39, 0.29) is 11.7 Å². The third-order valence-corrected chi connectivity index (χ3v) is 3.02. The van der Waals surface area contributed by atoms with Crippen molar-refractivity contribution in [3.63, 3.8) is 0 Å². The fraction of sp³-hybridized carbons (Fsp3) is 0.133. The lowest BCUT2D eigenvalue weighted by Gasteiger charge is -2.11. The van der Waals surface area contributed by atoms with Gasteiger partial charge in [-0.3, -0.25) is 4.79 Å². The van der Waals surface area contributed by atoms with Crippen molar-refractivity contribution < 1.29 is 9.90 Å². The Labute approximate surface area is 111 Å². The van der Waals surface area contributed by atoms with Crippen molar-refractivity contribution in [2.75, 3.05) is 11.1 Å². The highest BCUT2D eigenvalue weighted by atomic mass is 16.3. The summed E-state index contributed by atoms with van der Waals surface area (Å²) in [5, 5.41) is 12.1. The van der Waals surface area contributed by atoms with Crippen LogP contribution in [0, 0.1) is 13.8 Å². The zero-order chi connectivity index (χ0) is 14.0. The van der Waals surface area contributed by atoms with Crippen molar-refractivity contribution in [2.45, 2.75) is 13.8 Å². The molecule has 0 atom stereocenters. The molecule has 2 aromatic rings. The van der Waals surface area contributed by atoms with E-state index >= 15 is 0 Å². The van der Waals surface area contributed by atoms with Crippen LogP contribution in [0.3, 0.4) is 0 Å². The van der Waals surface area contributed by atoms with Crippen LogP contribution < -0.4 is 11.1 Å². The molecule has 0 heterocycles. The molecule has 0 aromatic heterocycles. The molecule has 0 saturated heterocycles. The Hall–Kier alpha value is -2.49. The molecule has 2 aromatic carbocycles. The van der Waals surface area contributed by atoms with E-state index in [2.05, 4.69) is 5.32 Å². The number of nitrogens with two attached hydrogens (primary N) is 1. The number of aryl methyl sites for hydroxylation is 2. The van der Waals surface area contributed by atoms with Gasteiger partial charge in [0.2, 0.25) is 0 Å². The van der Waals surface area contributed by atoms with Crippen LogP contribution in [0.25, 0.3) is 0 Å². The average molecular weight is 256 g/mol. The van der Waals surface area contributed by atoms with Crippen LogP contribution in [0.15, 0.2) is 36.4 Å². The average Bonchev–Trinajstić information content (AvgIpc) is 2.36. The number of anilines is 2. The minimum absolute atomic E-state index is 0.0562. The normalized spacial score (nSPS) is 10.2. The lowest BCUT2D eigenvalue weighted by atomic mass is 10.1. The quantitative estimate of drug-likeness (QED) is 0.723. The fourth-order valence-electron chi connectivity index (χ4n) is 1.79. The Morgan fingerprint density at radius 3 is 2.53 bits per heavy atom. The van der Waals surface area contributed by atoms with E-state index in [0.717, 1.165) is 11.1 Å². The van der Waals surface area contributed by atoms with Gasteiger partial charge in [0.05, 0.1) is 11.4 Å². The smallest absolute Gasteiger partial charge is 0.255 e. The second-order valence-electron chi connectivity index (χ2n) is 4.53. The number of carbonyl (C=O) groups excluding carboxylic acids is 1. The van der Waals surface area contributed by atoms with E-state index in [1.807, 2.05) is 26.0 Å². The van der Waals surface area contributed by atoms with E-state index in [9.17, 15) is 9.90 Å². The number of phenols is 1. The Bertz CT molecular complexity index is 636. The summed E-state index contributed by atoms with van der Waals surface area (Å²) in [6, 6.07) is 9.84. The second kappa shape index (κ2) is 5.02. The van der Waals surface area contributed by atoms with Crippen molar-refractivity contribution in [2.24, 2.45) is 0 Å². The number of nitrogen functional groups attached to an aromatic ring is 1. The van der Waals surface area contributed by atoms with Crippen molar-refractivity contribution in [1.82, 2.24) is 0 Å². The molecule has 2 rings (SSSR count). The Kier molecular flexibility index (Phi) is 3.42. The number of carbonyl (C=O) groups is 1. The maximum atomic E-state index is 12.0. The van der Waals surface area contributed by atoms with Crippen molar-refractivity contribution in [1.29, 1.82) is 0 Å². The summed E-state index contributed by atoms with van der Waals surface area (Å²) in [5.74, 6) is -0.244. The molecular formula is C15H16N2O2. The summed E-state index contributed by atoms with van der Waals surface area (Å²) < 4.78 is 0. The molecule has 4 nitrogen and oxygen atoms in total. The first kappa shape index (κ1) is 13.0. The van der Waals surface area contributed by atoms with Crippen molar-refractivity contribution >= 4 is 17.3 Å². The van der Waals surface area contributed by atoms with Crippen molar-refractivity contribution in [3.8, 4) is 5.75 Å². The lowest BCUT2D eigenvalue weighted by Crippen LogP contribution is -2.13. The van der Waals surface area contributed by atoms with Crippen LogP contribution >= 0.6 is 0 Å². The maximum Gasteiger partial charge on any atom is 0.255 e. The van der Waals surface area contributed by atoms with Gasteiger partial charge in [-0.2, -0.15) is 0 Å². The molecule has 0 unspecified atom stereocenters. The lowest BCUT2D eigenvalue weighted by molar-refractivity contribution is 0.102. The summed E-state index contributed by atoms with van der Waals surface area (Å²) in [6.07, 6.45) is 0. The highest BCUT2D eigenvalue weighted by Gasteiger charge is 2.09. The standard InChI is InChI=1S/C15H16N2O2/c1-9-6-13(16)14(7-10(9)2)17-15(19)11-4-3-5-12(18)8-11/h3-8,18H,16H2,1-2H3,(H,17,19). The highest BCUT2D eigenvalue weighted by Crippen LogP contribution is 2.24. The zero-order valence-corrected chi connectivity index (χ0v) is 10.9. The number of amides is 1. The second-order valence-corrected chi connectivity index (χ2v) is 4.53. The summed E-state index contributed by atoms with van der Waals surface area (Å²) in [7, 11) is 0. The van der Waals surface area contributed by atoms with E-state index in [0.29, 0.717) is 16.9 Å². The minimum Gasteiger partial charge on any atom is -0.508 e. The van der Waals surface area contributed by atoms with Gasteiger partial charge >= 0.3 is 0 Å². The van der Waals surface area contributed by atoms with Crippen LogP contribution in [-0.2, 0) is 0 Å². The van der Waals surface area contributed by atoms with Crippen LogP contribution in [0.2, 0.25) is 0 Å². The highest BCUT2D eigenvalue weighted by molar-refractivity contribution is 6.06. The van der Waals surface area contributed by atoms with Crippen LogP contribution in [0.5, 0.6) is 5.75 Å². The van der Waals surface area contributed by atoms with Crippen molar-refractivity contribution in [3.05, 3.63) is 53.1 Å². The van der Waals surface area contributed by atoms with E-state index in [4.69, 9.17) is 5.73 Å². The predicted octanol–water partition coefficient (Wildman–Crippen LogP) is 2.84. The number of nitrogens with one attached hydrogen (secondary N) is 1. The molecule has 19 heavy (non-hydrogen) atoms. The summed E-state index contributed by atoms with van der Waals surface area (Å²) in [5.41, 5.74) is 9.51. The number of rotatable bonds is 2. The maximum absolute atomic E-state index is 12.0. The molecule has 0 aliphatic rings. The topological polar surface area (TPSA) is 75.3 Å². The van der Waals surface area contributed by atoms with E-state index in [1.54, 1.807) is 12.1 Å². The Morgan fingerprint density at radius 2 is 1.84 bits per heavy atom. The molecule has 0 fully saturated rings. The van der Waals surface area contributed by atoms with Gasteiger partial charge in [-0.05, 0) is 55.3 Å². The van der Waals surface area contributed by atoms with Gasteiger partial charge < -0.3 is 16.2 Å². The van der Waals surface area contributed by atoms with Gasteiger partial charge in [-0.15, -0.1) is 0 Å². The molecule has 0 saturated carbocycles. The molecule has 0 spiro atoms. The summed E-state index contributed by atoms with van der Waals surface area (Å²) in [4.78, 5) is 12.0. The van der Waals surface area contributed by atoms with Gasteiger partial charge in [0.1, 0.15) is 5.75 Å². The number of benzene rings is 2. The van der Waals surface area contributed by atoms with Gasteiger partial charge in [0.25, 0.3) is 5.91 Å². The third-order valence-electron chi connectivity index (χ3n) is 3.02. The molecule has 98 valence electrons. The molecule has 1 amide bonds. The predicted molar refractivity (Wildman–Crippen MR) is 76.4 cm³/mol. The summed E-state index contributed by atoms with van der Waals surface area (Å²) >= 11 is 0. The Morgan fingerprint density at radius 1 is 1.16 bits per heavy atom. The van der Waals surface area contributed by atoms with E-state index < -0.39 is 0 Å². The third kappa shape index (κ3) is 2.85. The molecule has 0 radical (unpaired) electrons. The molecule has 0 bridgehead atoms. The fourth-order valence-corrected chi connectivity index (χ4v) is 1.79. The number of phenolic OH excluding ortho intramolecular Hbond substituents is 1. The molecule has 0 aliphatic heterocycles. The molecule has 4 N–H and O–H groups in total. The first-order chi connectivity index (χ1) is 8.97. The number of hydrogen-bond acceptors (Lipinski definition) is 3. The minimum atomic E-state index is -0.300. The van der Waals surface area contributed by atoms with Crippen LogP contribution in [-0.4, -0.2) is 11.0 Å². The zero-order valence-electron chi connectivity index (χ0n) is 10.9. The number of hydrogen-bond donors (Lipinski definition) is 3. The largest absolute Gasteiger partial charge is 0.508 e. The Balaban J connectivity index is 2.27. The monoisotopic (exact) mass is 256 g/mol. The summed E-state index contributed by atoms with van der Waals surface area (Å²) in [6.45, 7) is 3.92. The van der Waals surface area contributed by atoms with Gasteiger partial charge in [0.15, 0.2) is 0 Å².